The average molecular weight is 821 g/mol. The fourth-order valence-electron chi connectivity index (χ4n) is 8.01. The van der Waals surface area contributed by atoms with E-state index in [1.165, 1.54) is 64.8 Å². The molecule has 59 heavy (non-hydrogen) atoms. The third-order valence-corrected chi connectivity index (χ3v) is 11.3. The highest BCUT2D eigenvalue weighted by atomic mass is 19.1. The third kappa shape index (κ3) is 12.7. The van der Waals surface area contributed by atoms with Gasteiger partial charge in [-0.1, -0.05) is 38.1 Å². The van der Waals surface area contributed by atoms with Gasteiger partial charge in [0.2, 0.25) is 5.91 Å². The molecule has 0 fully saturated rings. The first kappa shape index (κ1) is 45.6. The summed E-state index contributed by atoms with van der Waals surface area (Å²) in [6.07, 6.45) is 2.35. The molecular formula is C46H60F4N6O3. The minimum Gasteiger partial charge on any atom is -0.390 e. The SMILES string of the molecule is CCc1ccc2c(c1)C(NC[C@@H](O)[C@@H](N)Cc1cc(F)cc(F)c1)CCN2C.CCc1ccc2c(c1)C(NC[C@@H](O)[C@H](Cc1cc(F)cc(F)c1)NC(C)=O)CCN2C. The van der Waals surface area contributed by atoms with Crippen molar-refractivity contribution in [3.05, 3.63) is 129 Å². The topological polar surface area (TPSA) is 126 Å². The van der Waals surface area contributed by atoms with Crippen LogP contribution >= 0.6 is 0 Å². The number of amides is 1. The number of benzene rings is 4. The van der Waals surface area contributed by atoms with E-state index in [2.05, 4.69) is 90.1 Å². The van der Waals surface area contributed by atoms with E-state index in [-0.39, 0.29) is 37.4 Å². The van der Waals surface area contributed by atoms with E-state index in [0.29, 0.717) is 17.7 Å². The number of nitrogens with zero attached hydrogens (tertiary/aromatic N) is 2. The maximum atomic E-state index is 13.6. The van der Waals surface area contributed by atoms with Crippen LogP contribution in [0.4, 0.5) is 28.9 Å². The summed E-state index contributed by atoms with van der Waals surface area (Å²) in [6.45, 7) is 8.00. The number of fused-ring (bicyclic) bond motifs is 2. The Morgan fingerprint density at radius 3 is 1.53 bits per heavy atom. The summed E-state index contributed by atoms with van der Waals surface area (Å²) >= 11 is 0. The molecule has 0 bridgehead atoms. The number of halogens is 4. The third-order valence-electron chi connectivity index (χ3n) is 11.3. The molecule has 4 aromatic carbocycles. The molecule has 6 rings (SSSR count). The van der Waals surface area contributed by atoms with Crippen LogP contribution in [0.25, 0.3) is 0 Å². The number of aliphatic hydroxyl groups excluding tert-OH is 2. The zero-order valence-electron chi connectivity index (χ0n) is 34.7. The number of hydrogen-bond donors (Lipinski definition) is 6. The molecular weight excluding hydrogens is 761 g/mol. The van der Waals surface area contributed by atoms with Crippen molar-refractivity contribution >= 4 is 17.3 Å². The highest BCUT2D eigenvalue weighted by molar-refractivity contribution is 5.73. The van der Waals surface area contributed by atoms with Crippen molar-refractivity contribution in [2.75, 3.05) is 50.1 Å². The lowest BCUT2D eigenvalue weighted by Gasteiger charge is -2.35. The van der Waals surface area contributed by atoms with E-state index < -0.39 is 47.6 Å². The molecule has 0 aromatic heterocycles. The van der Waals surface area contributed by atoms with Gasteiger partial charge in [0.15, 0.2) is 0 Å². The maximum Gasteiger partial charge on any atom is 0.217 e. The number of nitrogens with two attached hydrogens (primary N) is 1. The lowest BCUT2D eigenvalue weighted by molar-refractivity contribution is -0.120. The Hall–Kier alpha value is -4.53. The van der Waals surface area contributed by atoms with Crippen molar-refractivity contribution in [3.8, 4) is 0 Å². The minimum atomic E-state index is -0.923. The average Bonchev–Trinajstić information content (AvgIpc) is 3.19. The van der Waals surface area contributed by atoms with Crippen molar-refractivity contribution < 1.29 is 32.6 Å². The number of rotatable bonds is 15. The van der Waals surface area contributed by atoms with Crippen molar-refractivity contribution in [1.82, 2.24) is 16.0 Å². The van der Waals surface area contributed by atoms with Gasteiger partial charge in [-0.2, -0.15) is 0 Å². The molecule has 2 aliphatic rings. The quantitative estimate of drug-likeness (QED) is 0.0804. The van der Waals surface area contributed by atoms with Crippen molar-refractivity contribution in [2.24, 2.45) is 5.73 Å². The molecule has 0 aliphatic carbocycles. The number of nitrogens with one attached hydrogen (secondary N) is 3. The molecule has 0 radical (unpaired) electrons. The van der Waals surface area contributed by atoms with Gasteiger partial charge in [-0.25, -0.2) is 17.6 Å². The van der Waals surface area contributed by atoms with E-state index in [4.69, 9.17) is 5.73 Å². The summed E-state index contributed by atoms with van der Waals surface area (Å²) in [4.78, 5) is 16.1. The Labute approximate surface area is 346 Å². The molecule has 2 aliphatic heterocycles. The Morgan fingerprint density at radius 2 is 1.10 bits per heavy atom. The van der Waals surface area contributed by atoms with E-state index >= 15 is 0 Å². The Balaban J connectivity index is 0.000000225. The van der Waals surface area contributed by atoms with Crippen LogP contribution in [0.5, 0.6) is 0 Å². The number of aliphatic hydroxyl groups is 2. The lowest BCUT2D eigenvalue weighted by atomic mass is 9.93. The van der Waals surface area contributed by atoms with Gasteiger partial charge in [-0.15, -0.1) is 0 Å². The van der Waals surface area contributed by atoms with E-state index in [9.17, 15) is 32.6 Å². The molecule has 320 valence electrons. The zero-order valence-corrected chi connectivity index (χ0v) is 34.7. The predicted octanol–water partition coefficient (Wildman–Crippen LogP) is 6.03. The second kappa shape index (κ2) is 21.1. The van der Waals surface area contributed by atoms with Gasteiger partial charge >= 0.3 is 0 Å². The first-order valence-electron chi connectivity index (χ1n) is 20.6. The van der Waals surface area contributed by atoms with Crippen LogP contribution in [0.2, 0.25) is 0 Å². The highest BCUT2D eigenvalue weighted by Crippen LogP contribution is 2.35. The van der Waals surface area contributed by atoms with Crippen molar-refractivity contribution in [3.63, 3.8) is 0 Å². The van der Waals surface area contributed by atoms with Crippen LogP contribution < -0.4 is 31.5 Å². The molecule has 9 nitrogen and oxygen atoms in total. The van der Waals surface area contributed by atoms with Gasteiger partial charge in [0.05, 0.1) is 18.2 Å². The van der Waals surface area contributed by atoms with Gasteiger partial charge in [0, 0.05) is 88.8 Å². The number of carbonyl (C=O) groups excluding carboxylic acids is 1. The standard InChI is InChI=1S/C24H31F2N3O2.C22H29F2N3O/c1-4-16-5-6-23-20(11-16)21(7-8-29(23)3)27-14-24(31)22(28-15(2)30)12-17-9-18(25)13-19(26)10-17;1-3-14-4-5-21-18(10-14)20(6-7-27(21)2)26-13-22(28)19(25)11-15-8-16(23)12-17(24)9-15/h5-6,9-11,13,21-22,24,27,31H,4,7-8,12,14H2,1-3H3,(H,28,30);4-5,8-10,12,19-20,22,26,28H,3,6-7,11,13,25H2,1-2H3/t21?,22-,24+;19-,20?,22+/m00/s1. The van der Waals surface area contributed by atoms with Crippen LogP contribution in [0.3, 0.4) is 0 Å². The maximum absolute atomic E-state index is 13.6. The van der Waals surface area contributed by atoms with Crippen LogP contribution in [-0.2, 0) is 30.5 Å². The van der Waals surface area contributed by atoms with Crippen LogP contribution in [0, 0.1) is 23.3 Å². The Bertz CT molecular complexity index is 1980. The van der Waals surface area contributed by atoms with E-state index in [0.717, 1.165) is 50.9 Å². The molecule has 13 heteroatoms. The molecule has 0 saturated carbocycles. The molecule has 0 saturated heterocycles. The molecule has 7 N–H and O–H groups in total. The number of anilines is 2. The minimum absolute atomic E-state index is 0.0805. The molecule has 6 atom stereocenters. The van der Waals surface area contributed by atoms with Crippen LogP contribution in [-0.4, -0.2) is 80.7 Å². The number of hydrogen-bond acceptors (Lipinski definition) is 8. The monoisotopic (exact) mass is 820 g/mol. The summed E-state index contributed by atoms with van der Waals surface area (Å²) in [7, 11) is 4.16. The molecule has 2 unspecified atom stereocenters. The van der Waals surface area contributed by atoms with Crippen molar-refractivity contribution in [2.45, 2.75) is 95.7 Å². The van der Waals surface area contributed by atoms with E-state index in [1.54, 1.807) is 0 Å². The van der Waals surface area contributed by atoms with Gasteiger partial charge in [-0.3, -0.25) is 4.79 Å². The molecule has 0 spiro atoms. The summed E-state index contributed by atoms with van der Waals surface area (Å²) in [6, 6.07) is 18.5. The number of carbonyl (C=O) groups is 1. The summed E-state index contributed by atoms with van der Waals surface area (Å²) in [5, 5.41) is 30.9. The fraction of sp³-hybridized carbons (Fsp3) is 0.457. The summed E-state index contributed by atoms with van der Waals surface area (Å²) < 4.78 is 53.8. The predicted molar refractivity (Wildman–Crippen MR) is 227 cm³/mol. The Kier molecular flexibility index (Phi) is 16.3. The second-order valence-electron chi connectivity index (χ2n) is 15.9. The normalized spacial score (nSPS) is 18.2. The van der Waals surface area contributed by atoms with E-state index in [1.807, 2.05) is 0 Å². The van der Waals surface area contributed by atoms with Gasteiger partial charge in [0.25, 0.3) is 0 Å². The smallest absolute Gasteiger partial charge is 0.217 e. The summed E-state index contributed by atoms with van der Waals surface area (Å²) in [5.74, 6) is -2.94. The lowest BCUT2D eigenvalue weighted by Crippen LogP contribution is -2.49. The number of aryl methyl sites for hydroxylation is 2. The van der Waals surface area contributed by atoms with Crippen molar-refractivity contribution in [1.29, 1.82) is 0 Å². The second-order valence-corrected chi connectivity index (χ2v) is 15.9. The zero-order chi connectivity index (χ0) is 42.8. The summed E-state index contributed by atoms with van der Waals surface area (Å²) in [5.41, 5.74) is 14.3. The van der Waals surface area contributed by atoms with Crippen LogP contribution in [0.1, 0.15) is 79.1 Å². The van der Waals surface area contributed by atoms with Gasteiger partial charge in [0.1, 0.15) is 23.3 Å². The first-order chi connectivity index (χ1) is 28.1. The van der Waals surface area contributed by atoms with Gasteiger partial charge in [-0.05, 0) is 108 Å². The fourth-order valence-corrected chi connectivity index (χ4v) is 8.01. The first-order valence-corrected chi connectivity index (χ1v) is 20.6. The molecule has 2 heterocycles. The van der Waals surface area contributed by atoms with Gasteiger partial charge < -0.3 is 41.7 Å². The largest absolute Gasteiger partial charge is 0.390 e. The van der Waals surface area contributed by atoms with Crippen LogP contribution in [0.15, 0.2) is 72.8 Å². The molecule has 4 aromatic rings. The highest BCUT2D eigenvalue weighted by Gasteiger charge is 2.28. The Morgan fingerprint density at radius 1 is 0.678 bits per heavy atom. The molecule has 1 amide bonds.